The van der Waals surface area contributed by atoms with E-state index in [1.165, 1.54) is 5.39 Å². The van der Waals surface area contributed by atoms with Gasteiger partial charge in [0.2, 0.25) is 0 Å². The summed E-state index contributed by atoms with van der Waals surface area (Å²) >= 11 is 3.49. The third-order valence-electron chi connectivity index (χ3n) is 1.86. The smallest absolute Gasteiger partial charge is 0.0862 e. The first-order valence-electron chi connectivity index (χ1n) is 3.59. The second-order valence-corrected chi connectivity index (χ2v) is 4.01. The van der Waals surface area contributed by atoms with Gasteiger partial charge in [-0.15, -0.1) is 0 Å². The maximum Gasteiger partial charge on any atom is 0.0862 e. The molecule has 0 saturated heterocycles. The summed E-state index contributed by atoms with van der Waals surface area (Å²) in [5.74, 6) is 0. The maximum absolute atomic E-state index is 4.30. The molecule has 2 rings (SSSR count). The van der Waals surface area contributed by atoms with Gasteiger partial charge in [0.15, 0.2) is 0 Å². The van der Waals surface area contributed by atoms with Crippen LogP contribution in [0.15, 0.2) is 22.7 Å². The van der Waals surface area contributed by atoms with Gasteiger partial charge in [-0.3, -0.25) is 0 Å². The number of aromatic nitrogens is 2. The summed E-state index contributed by atoms with van der Waals surface area (Å²) in [6, 6.07) is 6.11. The molecule has 0 fully saturated rings. The van der Waals surface area contributed by atoms with Crippen molar-refractivity contribution < 1.29 is 0 Å². The fraction of sp³-hybridized carbons (Fsp3) is 0.125. The first-order chi connectivity index (χ1) is 5.70. The van der Waals surface area contributed by atoms with Crippen LogP contribution in [0, 0.1) is 6.92 Å². The van der Waals surface area contributed by atoms with Gasteiger partial charge in [0.05, 0.1) is 11.2 Å². The molecule has 0 bridgehead atoms. The van der Waals surface area contributed by atoms with E-state index < -0.39 is 0 Å². The zero-order chi connectivity index (χ0) is 8.72. The first kappa shape index (κ1) is 8.21. The standard InChI is InChI=1S/C8H8BrN2P/c1-5-6-3-2-4-7(9)8(6)11(12)10-5/h2-4H,12H2,1H3. The van der Waals surface area contributed by atoms with Crippen molar-refractivity contribution in [2.75, 3.05) is 0 Å². The van der Waals surface area contributed by atoms with Gasteiger partial charge in [-0.25, -0.2) is 4.45 Å². The lowest BCUT2D eigenvalue weighted by atomic mass is 10.2. The largest absolute Gasteiger partial charge is 0.249 e. The number of hydrogen-bond donors (Lipinski definition) is 0. The van der Waals surface area contributed by atoms with Crippen molar-refractivity contribution >= 4 is 36.2 Å². The normalized spacial score (nSPS) is 10.9. The van der Waals surface area contributed by atoms with E-state index in [1.807, 2.05) is 23.5 Å². The van der Waals surface area contributed by atoms with E-state index >= 15 is 0 Å². The van der Waals surface area contributed by atoms with E-state index in [-0.39, 0.29) is 0 Å². The van der Waals surface area contributed by atoms with Crippen molar-refractivity contribution in [2.45, 2.75) is 6.92 Å². The number of rotatable bonds is 0. The van der Waals surface area contributed by atoms with Gasteiger partial charge >= 0.3 is 0 Å². The summed E-state index contributed by atoms with van der Waals surface area (Å²) < 4.78 is 2.89. The molecule has 2 aromatic rings. The van der Waals surface area contributed by atoms with Crippen LogP contribution in [0.5, 0.6) is 0 Å². The molecule has 0 amide bonds. The van der Waals surface area contributed by atoms with E-state index in [9.17, 15) is 0 Å². The van der Waals surface area contributed by atoms with Gasteiger partial charge in [0, 0.05) is 9.86 Å². The molecular weight excluding hydrogens is 235 g/mol. The number of aryl methyl sites for hydroxylation is 1. The molecule has 0 radical (unpaired) electrons. The van der Waals surface area contributed by atoms with Crippen molar-refractivity contribution in [3.05, 3.63) is 28.4 Å². The number of benzene rings is 1. The molecule has 62 valence electrons. The predicted octanol–water partition coefficient (Wildman–Crippen LogP) is 2.75. The van der Waals surface area contributed by atoms with Crippen LogP contribution >= 0.6 is 25.3 Å². The Balaban J connectivity index is 2.99. The van der Waals surface area contributed by atoms with Crippen LogP contribution in [-0.2, 0) is 0 Å². The lowest BCUT2D eigenvalue weighted by Gasteiger charge is -1.95. The summed E-state index contributed by atoms with van der Waals surface area (Å²) in [7, 11) is 2.57. The fourth-order valence-corrected chi connectivity index (χ4v) is 2.49. The molecule has 0 aliphatic carbocycles. The first-order valence-corrected chi connectivity index (χ1v) is 4.90. The number of nitrogens with zero attached hydrogens (tertiary/aromatic N) is 2. The Bertz CT molecular complexity index is 436. The highest BCUT2D eigenvalue weighted by atomic mass is 79.9. The van der Waals surface area contributed by atoms with Gasteiger partial charge in [-0.1, -0.05) is 12.1 Å². The lowest BCUT2D eigenvalue weighted by molar-refractivity contribution is 1.00. The topological polar surface area (TPSA) is 17.8 Å². The predicted molar refractivity (Wildman–Crippen MR) is 57.3 cm³/mol. The van der Waals surface area contributed by atoms with Crippen molar-refractivity contribution in [3.63, 3.8) is 0 Å². The number of fused-ring (bicyclic) bond motifs is 1. The summed E-state index contributed by atoms with van der Waals surface area (Å²) in [4.78, 5) is 0. The Labute approximate surface area is 81.3 Å². The monoisotopic (exact) mass is 242 g/mol. The van der Waals surface area contributed by atoms with Crippen LogP contribution in [0.2, 0.25) is 0 Å². The second-order valence-electron chi connectivity index (χ2n) is 2.67. The lowest BCUT2D eigenvalue weighted by Crippen LogP contribution is -1.80. The Morgan fingerprint density at radius 2 is 2.25 bits per heavy atom. The Hall–Kier alpha value is -0.400. The minimum atomic E-state index is 1.06. The molecule has 0 spiro atoms. The number of para-hydroxylation sites is 1. The molecule has 0 saturated carbocycles. The molecular formula is C8H8BrN2P. The van der Waals surface area contributed by atoms with Crippen molar-refractivity contribution in [1.29, 1.82) is 0 Å². The summed E-state index contributed by atoms with van der Waals surface area (Å²) in [6.45, 7) is 2.01. The van der Waals surface area contributed by atoms with Crippen molar-refractivity contribution in [2.24, 2.45) is 0 Å². The molecule has 0 N–H and O–H groups in total. The van der Waals surface area contributed by atoms with E-state index in [0.717, 1.165) is 15.7 Å². The minimum Gasteiger partial charge on any atom is -0.249 e. The molecule has 1 aromatic carbocycles. The van der Waals surface area contributed by atoms with Gasteiger partial charge < -0.3 is 0 Å². The van der Waals surface area contributed by atoms with Crippen molar-refractivity contribution in [1.82, 2.24) is 9.55 Å². The van der Waals surface area contributed by atoms with E-state index in [4.69, 9.17) is 0 Å². The number of hydrogen-bond acceptors (Lipinski definition) is 1. The molecule has 1 atom stereocenters. The molecule has 1 heterocycles. The van der Waals surface area contributed by atoms with Crippen LogP contribution in [0.25, 0.3) is 10.9 Å². The highest BCUT2D eigenvalue weighted by Crippen LogP contribution is 2.26. The molecule has 1 aromatic heterocycles. The highest BCUT2D eigenvalue weighted by Gasteiger charge is 2.06. The molecule has 2 nitrogen and oxygen atoms in total. The Kier molecular flexibility index (Phi) is 1.93. The van der Waals surface area contributed by atoms with Gasteiger partial charge in [0.1, 0.15) is 0 Å². The average molecular weight is 243 g/mol. The Morgan fingerprint density at radius 3 is 2.92 bits per heavy atom. The minimum absolute atomic E-state index is 1.06. The van der Waals surface area contributed by atoms with Gasteiger partial charge in [0.25, 0.3) is 0 Å². The highest BCUT2D eigenvalue weighted by molar-refractivity contribution is 9.10. The maximum atomic E-state index is 4.30. The van der Waals surface area contributed by atoms with Crippen LogP contribution in [0.3, 0.4) is 0 Å². The van der Waals surface area contributed by atoms with Crippen molar-refractivity contribution in [3.8, 4) is 0 Å². The molecule has 0 aliphatic rings. The zero-order valence-corrected chi connectivity index (χ0v) is 9.32. The number of halogens is 1. The quantitative estimate of drug-likeness (QED) is 0.650. The SMILES string of the molecule is Cc1nn(P)c2c(Br)cccc12. The van der Waals surface area contributed by atoms with E-state index in [2.05, 4.69) is 36.5 Å². The van der Waals surface area contributed by atoms with Crippen LogP contribution in [0.4, 0.5) is 0 Å². The Morgan fingerprint density at radius 1 is 1.50 bits per heavy atom. The molecule has 1 unspecified atom stereocenters. The van der Waals surface area contributed by atoms with E-state index in [0.29, 0.717) is 0 Å². The second kappa shape index (κ2) is 2.82. The fourth-order valence-electron chi connectivity index (χ4n) is 1.31. The summed E-state index contributed by atoms with van der Waals surface area (Å²) in [5, 5.41) is 5.49. The van der Waals surface area contributed by atoms with E-state index in [1.54, 1.807) is 0 Å². The summed E-state index contributed by atoms with van der Waals surface area (Å²) in [6.07, 6.45) is 0. The van der Waals surface area contributed by atoms with Crippen LogP contribution in [-0.4, -0.2) is 9.55 Å². The third kappa shape index (κ3) is 1.08. The van der Waals surface area contributed by atoms with Crippen LogP contribution < -0.4 is 0 Å². The third-order valence-corrected chi connectivity index (χ3v) is 2.88. The van der Waals surface area contributed by atoms with Gasteiger partial charge in [-0.2, -0.15) is 5.10 Å². The van der Waals surface area contributed by atoms with Gasteiger partial charge in [-0.05, 0) is 38.3 Å². The molecule has 12 heavy (non-hydrogen) atoms. The summed E-state index contributed by atoms with van der Waals surface area (Å²) in [5.41, 5.74) is 2.18. The molecule has 4 heteroatoms. The average Bonchev–Trinajstić information content (AvgIpc) is 2.29. The van der Waals surface area contributed by atoms with Crippen LogP contribution in [0.1, 0.15) is 5.69 Å². The zero-order valence-electron chi connectivity index (χ0n) is 6.58. The molecule has 0 aliphatic heterocycles.